The van der Waals surface area contributed by atoms with Crippen LogP contribution < -0.4 is 5.32 Å². The summed E-state index contributed by atoms with van der Waals surface area (Å²) in [5.41, 5.74) is 3.89. The van der Waals surface area contributed by atoms with Crippen molar-refractivity contribution in [3.8, 4) is 22.8 Å². The zero-order chi connectivity index (χ0) is 25.1. The quantitative estimate of drug-likeness (QED) is 0.261. The third-order valence-corrected chi connectivity index (χ3v) is 6.57. The number of carboxylic acids is 1. The lowest BCUT2D eigenvalue weighted by molar-refractivity contribution is -0.113. The summed E-state index contributed by atoms with van der Waals surface area (Å²) in [5.74, 6) is -0.878. The van der Waals surface area contributed by atoms with E-state index in [1.807, 2.05) is 36.6 Å². The molecule has 3 aromatic carbocycles. The normalized spacial score (nSPS) is 10.8. The number of anilines is 1. The van der Waals surface area contributed by atoms with Gasteiger partial charge in [-0.2, -0.15) is 0 Å². The molecule has 35 heavy (non-hydrogen) atoms. The van der Waals surface area contributed by atoms with Crippen LogP contribution in [0.5, 0.6) is 5.75 Å². The van der Waals surface area contributed by atoms with Crippen molar-refractivity contribution in [2.24, 2.45) is 0 Å². The maximum absolute atomic E-state index is 12.6. The number of nitrogens with zero attached hydrogens (tertiary/aromatic N) is 3. The smallest absolute Gasteiger partial charge is 0.335 e. The third kappa shape index (κ3) is 5.55. The van der Waals surface area contributed by atoms with Gasteiger partial charge in [0, 0.05) is 10.2 Å². The summed E-state index contributed by atoms with van der Waals surface area (Å²) >= 11 is 4.62. The van der Waals surface area contributed by atoms with E-state index in [0.717, 1.165) is 21.3 Å². The van der Waals surface area contributed by atoms with E-state index in [0.29, 0.717) is 22.2 Å². The Morgan fingerprint density at radius 1 is 1.06 bits per heavy atom. The van der Waals surface area contributed by atoms with Crippen LogP contribution in [0.1, 0.15) is 21.5 Å². The molecule has 0 unspecified atom stereocenters. The Labute approximate surface area is 214 Å². The number of nitrogens with one attached hydrogen (secondary N) is 1. The van der Waals surface area contributed by atoms with Crippen LogP contribution in [0.4, 0.5) is 5.69 Å². The zero-order valence-electron chi connectivity index (χ0n) is 18.8. The zero-order valence-corrected chi connectivity index (χ0v) is 21.2. The number of phenolic OH excluding ortho intramolecular Hbond substituents is 1. The first kappa shape index (κ1) is 24.5. The number of phenols is 1. The number of carbonyl (C=O) groups excluding carboxylic acids is 1. The lowest BCUT2D eigenvalue weighted by Crippen LogP contribution is -2.15. The van der Waals surface area contributed by atoms with Gasteiger partial charge in [-0.1, -0.05) is 51.5 Å². The van der Waals surface area contributed by atoms with Crippen LogP contribution in [0, 0.1) is 13.8 Å². The highest BCUT2D eigenvalue weighted by molar-refractivity contribution is 9.10. The molecular formula is C25H21BrN4O4S. The summed E-state index contributed by atoms with van der Waals surface area (Å²) < 4.78 is 2.59. The highest BCUT2D eigenvalue weighted by Crippen LogP contribution is 2.35. The second-order valence-corrected chi connectivity index (χ2v) is 9.67. The molecule has 0 aliphatic carbocycles. The molecule has 8 nitrogen and oxygen atoms in total. The molecule has 0 spiro atoms. The average Bonchev–Trinajstić information content (AvgIpc) is 3.23. The third-order valence-electron chi connectivity index (χ3n) is 5.15. The molecular weight excluding hydrogens is 532 g/mol. The molecule has 0 bridgehead atoms. The van der Waals surface area contributed by atoms with Crippen LogP contribution in [0.25, 0.3) is 17.1 Å². The number of thioether (sulfide) groups is 1. The molecule has 0 saturated heterocycles. The van der Waals surface area contributed by atoms with E-state index >= 15 is 0 Å². The van der Waals surface area contributed by atoms with Crippen LogP contribution in [0.2, 0.25) is 0 Å². The maximum Gasteiger partial charge on any atom is 0.335 e. The first-order valence-corrected chi connectivity index (χ1v) is 12.3. The van der Waals surface area contributed by atoms with Gasteiger partial charge in [0.15, 0.2) is 11.0 Å². The Kier molecular flexibility index (Phi) is 7.23. The highest BCUT2D eigenvalue weighted by atomic mass is 79.9. The SMILES string of the molecule is Cc1ccc(-n2c(SCC(=O)Nc3cccc(C(=O)O)c3)nnc2-c2cc(Br)ccc2O)c(C)c1. The lowest BCUT2D eigenvalue weighted by atomic mass is 10.1. The summed E-state index contributed by atoms with van der Waals surface area (Å²) in [6.07, 6.45) is 0. The second-order valence-electron chi connectivity index (χ2n) is 7.82. The largest absolute Gasteiger partial charge is 0.507 e. The van der Waals surface area contributed by atoms with Crippen LogP contribution in [-0.4, -0.2) is 42.6 Å². The van der Waals surface area contributed by atoms with Gasteiger partial charge in [0.2, 0.25) is 5.91 Å². The van der Waals surface area contributed by atoms with E-state index in [-0.39, 0.29) is 23.0 Å². The molecule has 4 rings (SSSR count). The second kappa shape index (κ2) is 10.3. The van der Waals surface area contributed by atoms with Crippen molar-refractivity contribution < 1.29 is 19.8 Å². The highest BCUT2D eigenvalue weighted by Gasteiger charge is 2.21. The summed E-state index contributed by atoms with van der Waals surface area (Å²) in [7, 11) is 0. The predicted molar refractivity (Wildman–Crippen MR) is 138 cm³/mol. The van der Waals surface area contributed by atoms with Crippen LogP contribution >= 0.6 is 27.7 Å². The molecule has 178 valence electrons. The summed E-state index contributed by atoms with van der Waals surface area (Å²) in [5, 5.41) is 31.5. The van der Waals surface area contributed by atoms with Crippen LogP contribution in [0.3, 0.4) is 0 Å². The van der Waals surface area contributed by atoms with E-state index in [1.54, 1.807) is 30.3 Å². The fourth-order valence-corrected chi connectivity index (χ4v) is 4.66. The van der Waals surface area contributed by atoms with E-state index in [2.05, 4.69) is 31.4 Å². The molecule has 0 atom stereocenters. The number of hydrogen-bond acceptors (Lipinski definition) is 6. The summed E-state index contributed by atoms with van der Waals surface area (Å²) in [6, 6.07) is 17.1. The fourth-order valence-electron chi connectivity index (χ4n) is 3.56. The Morgan fingerprint density at radius 3 is 2.60 bits per heavy atom. The van der Waals surface area contributed by atoms with Gasteiger partial charge in [0.1, 0.15) is 5.75 Å². The minimum Gasteiger partial charge on any atom is -0.507 e. The minimum atomic E-state index is -1.07. The van der Waals surface area contributed by atoms with Crippen LogP contribution in [-0.2, 0) is 4.79 Å². The Hall–Kier alpha value is -3.63. The molecule has 0 radical (unpaired) electrons. The Bertz CT molecular complexity index is 1440. The number of rotatable bonds is 7. The van der Waals surface area contributed by atoms with E-state index in [9.17, 15) is 14.7 Å². The Balaban J connectivity index is 1.65. The van der Waals surface area contributed by atoms with Gasteiger partial charge in [-0.15, -0.1) is 10.2 Å². The number of aryl methyl sites for hydroxylation is 2. The summed E-state index contributed by atoms with van der Waals surface area (Å²) in [4.78, 5) is 23.8. The molecule has 1 aromatic heterocycles. The van der Waals surface area contributed by atoms with Gasteiger partial charge in [-0.3, -0.25) is 9.36 Å². The Morgan fingerprint density at radius 2 is 1.86 bits per heavy atom. The van der Waals surface area contributed by atoms with Gasteiger partial charge in [-0.25, -0.2) is 4.79 Å². The van der Waals surface area contributed by atoms with Crippen molar-refractivity contribution >= 4 is 45.3 Å². The van der Waals surface area contributed by atoms with Crippen molar-refractivity contribution in [1.82, 2.24) is 14.8 Å². The van der Waals surface area contributed by atoms with Gasteiger partial charge >= 0.3 is 5.97 Å². The van der Waals surface area contributed by atoms with Crippen LogP contribution in [0.15, 0.2) is 70.3 Å². The molecule has 4 aromatic rings. The summed E-state index contributed by atoms with van der Waals surface area (Å²) in [6.45, 7) is 3.98. The number of aromatic nitrogens is 3. The lowest BCUT2D eigenvalue weighted by Gasteiger charge is -2.14. The van der Waals surface area contributed by atoms with Crippen molar-refractivity contribution in [3.05, 3.63) is 81.8 Å². The standard InChI is InChI=1S/C25H21BrN4O4S/c1-14-6-8-20(15(2)10-14)30-23(19-12-17(26)7-9-21(19)31)28-29-25(30)35-13-22(32)27-18-5-3-4-16(11-18)24(33)34/h3-12,31H,13H2,1-2H3,(H,27,32)(H,33,34). The molecule has 1 amide bonds. The number of aromatic hydroxyl groups is 1. The van der Waals surface area contributed by atoms with Crippen molar-refractivity contribution in [1.29, 1.82) is 0 Å². The number of carbonyl (C=O) groups is 2. The molecule has 3 N–H and O–H groups in total. The first-order valence-electron chi connectivity index (χ1n) is 10.5. The number of carboxylic acid groups (broad SMARTS) is 1. The van der Waals surface area contributed by atoms with E-state index in [1.165, 1.54) is 23.9 Å². The van der Waals surface area contributed by atoms with Crippen molar-refractivity contribution in [2.75, 3.05) is 11.1 Å². The molecule has 10 heteroatoms. The topological polar surface area (TPSA) is 117 Å². The van der Waals surface area contributed by atoms with Crippen molar-refractivity contribution in [3.63, 3.8) is 0 Å². The molecule has 1 heterocycles. The number of amides is 1. The molecule has 0 aliphatic heterocycles. The predicted octanol–water partition coefficient (Wildman–Crippen LogP) is 5.45. The fraction of sp³-hybridized carbons (Fsp3) is 0.120. The van der Waals surface area contributed by atoms with Crippen molar-refractivity contribution in [2.45, 2.75) is 19.0 Å². The minimum absolute atomic E-state index is 0.0187. The van der Waals surface area contributed by atoms with Gasteiger partial charge in [0.25, 0.3) is 0 Å². The van der Waals surface area contributed by atoms with E-state index in [4.69, 9.17) is 5.11 Å². The van der Waals surface area contributed by atoms with Gasteiger partial charge < -0.3 is 15.5 Å². The number of hydrogen-bond donors (Lipinski definition) is 3. The maximum atomic E-state index is 12.6. The van der Waals surface area contributed by atoms with Gasteiger partial charge in [0.05, 0.1) is 22.6 Å². The molecule has 0 aliphatic rings. The first-order chi connectivity index (χ1) is 16.7. The average molecular weight is 553 g/mol. The van der Waals surface area contributed by atoms with E-state index < -0.39 is 5.97 Å². The number of benzene rings is 3. The van der Waals surface area contributed by atoms with Gasteiger partial charge in [-0.05, 0) is 61.9 Å². The number of halogens is 1. The molecule has 0 fully saturated rings. The number of aromatic carboxylic acids is 1. The molecule has 0 saturated carbocycles. The monoisotopic (exact) mass is 552 g/mol.